The van der Waals surface area contributed by atoms with Crippen LogP contribution in [-0.2, 0) is 17.8 Å². The number of nitrogens with two attached hydrogens (primary N) is 1. The molecule has 0 aliphatic rings. The van der Waals surface area contributed by atoms with Gasteiger partial charge in [-0.2, -0.15) is 13.2 Å². The van der Waals surface area contributed by atoms with E-state index in [2.05, 4.69) is 25.9 Å². The minimum absolute atomic E-state index is 0.0561. The van der Waals surface area contributed by atoms with E-state index >= 15 is 0 Å². The number of benzene rings is 2. The first-order chi connectivity index (χ1) is 16.5. The lowest BCUT2D eigenvalue weighted by atomic mass is 10.1. The smallest absolute Gasteiger partial charge is 0.378 e. The zero-order valence-corrected chi connectivity index (χ0v) is 18.3. The van der Waals surface area contributed by atoms with Crippen molar-refractivity contribution in [2.24, 2.45) is 5.73 Å². The minimum atomic E-state index is -5.25. The average Bonchev–Trinajstić information content (AvgIpc) is 3.20. The minimum Gasteiger partial charge on any atom is -0.378 e. The average molecular weight is 490 g/mol. The Kier molecular flexibility index (Phi) is 7.59. The highest BCUT2D eigenvalue weighted by molar-refractivity contribution is 6.00. The summed E-state index contributed by atoms with van der Waals surface area (Å²) >= 11 is 0. The van der Waals surface area contributed by atoms with Gasteiger partial charge in [0.2, 0.25) is 0 Å². The van der Waals surface area contributed by atoms with Gasteiger partial charge in [0.25, 0.3) is 5.91 Å². The third-order valence-corrected chi connectivity index (χ3v) is 4.60. The summed E-state index contributed by atoms with van der Waals surface area (Å²) in [6.07, 6.45) is -3.54. The lowest BCUT2D eigenvalue weighted by molar-refractivity contribution is -0.201. The standard InChI is InChI=1S/C22H21F3N6O4/c1-2-13-5-3-7-15(9-13)28-21(34)29-16-8-4-6-14(10-16)11-27-17-12-31(30-18(17)19(26)32)35-20(33)22(23,24)25/h3-10,12,27H,2,11H2,1H3,(H2,26,32)(H2,28,29,34). The van der Waals surface area contributed by atoms with Gasteiger partial charge in [-0.05, 0) is 41.8 Å². The van der Waals surface area contributed by atoms with Crippen molar-refractivity contribution in [1.29, 1.82) is 0 Å². The summed E-state index contributed by atoms with van der Waals surface area (Å²) in [7, 11) is 0. The van der Waals surface area contributed by atoms with Gasteiger partial charge in [0.15, 0.2) is 5.69 Å². The topological polar surface area (TPSA) is 140 Å². The van der Waals surface area contributed by atoms with Crippen LogP contribution in [0.5, 0.6) is 0 Å². The number of nitrogens with one attached hydrogen (secondary N) is 3. The monoisotopic (exact) mass is 490 g/mol. The number of nitrogens with zero attached hydrogens (tertiary/aromatic N) is 2. The Bertz CT molecular complexity index is 1240. The molecule has 0 bridgehead atoms. The Morgan fingerprint density at radius 2 is 1.63 bits per heavy atom. The summed E-state index contributed by atoms with van der Waals surface area (Å²) in [5.74, 6) is -3.56. The first-order valence-electron chi connectivity index (χ1n) is 10.2. The summed E-state index contributed by atoms with van der Waals surface area (Å²) in [6, 6.07) is 13.7. The molecule has 3 rings (SSSR count). The Hall–Kier alpha value is -4.55. The van der Waals surface area contributed by atoms with Crippen LogP contribution in [0.3, 0.4) is 0 Å². The van der Waals surface area contributed by atoms with Crippen LogP contribution in [0.15, 0.2) is 54.7 Å². The second-order valence-corrected chi connectivity index (χ2v) is 7.22. The van der Waals surface area contributed by atoms with E-state index in [9.17, 15) is 27.6 Å². The summed E-state index contributed by atoms with van der Waals surface area (Å²) < 4.78 is 37.2. The number of rotatable bonds is 8. The molecule has 1 heterocycles. The molecule has 0 saturated carbocycles. The molecule has 1 aromatic heterocycles. The first-order valence-corrected chi connectivity index (χ1v) is 10.2. The van der Waals surface area contributed by atoms with E-state index in [4.69, 9.17) is 5.73 Å². The third kappa shape index (κ3) is 6.96. The fourth-order valence-electron chi connectivity index (χ4n) is 2.97. The highest BCUT2D eigenvalue weighted by Crippen LogP contribution is 2.19. The van der Waals surface area contributed by atoms with Crippen molar-refractivity contribution in [3.63, 3.8) is 0 Å². The number of anilines is 3. The number of aryl methyl sites for hydroxylation is 1. The van der Waals surface area contributed by atoms with Crippen LogP contribution >= 0.6 is 0 Å². The number of alkyl halides is 3. The molecule has 2 aromatic carbocycles. The molecule has 0 fully saturated rings. The van der Waals surface area contributed by atoms with Crippen LogP contribution in [0.25, 0.3) is 0 Å². The maximum absolute atomic E-state index is 12.4. The molecule has 0 atom stereocenters. The predicted octanol–water partition coefficient (Wildman–Crippen LogP) is 3.32. The van der Waals surface area contributed by atoms with Crippen molar-refractivity contribution >= 4 is 35.0 Å². The molecule has 0 unspecified atom stereocenters. The fourth-order valence-corrected chi connectivity index (χ4v) is 2.97. The first kappa shape index (κ1) is 25.1. The third-order valence-electron chi connectivity index (χ3n) is 4.60. The van der Waals surface area contributed by atoms with E-state index in [1.54, 1.807) is 30.3 Å². The molecular weight excluding hydrogens is 469 g/mol. The molecule has 5 N–H and O–H groups in total. The number of aromatic nitrogens is 2. The van der Waals surface area contributed by atoms with Crippen molar-refractivity contribution in [3.05, 3.63) is 71.5 Å². The number of hydrogen-bond donors (Lipinski definition) is 4. The second kappa shape index (κ2) is 10.6. The molecular formula is C22H21F3N6O4. The van der Waals surface area contributed by atoms with Crippen LogP contribution in [0, 0.1) is 0 Å². The van der Waals surface area contributed by atoms with E-state index in [0.717, 1.165) is 18.2 Å². The van der Waals surface area contributed by atoms with Crippen molar-refractivity contribution in [2.45, 2.75) is 26.1 Å². The molecule has 35 heavy (non-hydrogen) atoms. The Balaban J connectivity index is 1.65. The van der Waals surface area contributed by atoms with Gasteiger partial charge >= 0.3 is 18.2 Å². The van der Waals surface area contributed by atoms with Gasteiger partial charge in [0.1, 0.15) is 0 Å². The molecule has 0 spiro atoms. The molecule has 0 aliphatic carbocycles. The van der Waals surface area contributed by atoms with Crippen LogP contribution in [0.2, 0.25) is 0 Å². The van der Waals surface area contributed by atoms with Crippen LogP contribution in [0.4, 0.5) is 35.0 Å². The molecule has 10 nitrogen and oxygen atoms in total. The van der Waals surface area contributed by atoms with E-state index < -0.39 is 29.8 Å². The number of amides is 3. The molecule has 3 aromatic rings. The van der Waals surface area contributed by atoms with Gasteiger partial charge in [-0.25, -0.2) is 9.59 Å². The number of carbonyl (C=O) groups is 3. The van der Waals surface area contributed by atoms with Crippen molar-refractivity contribution in [2.75, 3.05) is 16.0 Å². The van der Waals surface area contributed by atoms with Crippen molar-refractivity contribution < 1.29 is 32.4 Å². The summed E-state index contributed by atoms with van der Waals surface area (Å²) in [5.41, 5.74) is 7.55. The molecule has 0 saturated heterocycles. The molecule has 0 aliphatic heterocycles. The summed E-state index contributed by atoms with van der Waals surface area (Å²) in [6.45, 7) is 2.08. The Morgan fingerprint density at radius 1 is 1.03 bits per heavy atom. The highest BCUT2D eigenvalue weighted by Gasteiger charge is 2.42. The van der Waals surface area contributed by atoms with E-state index in [1.165, 1.54) is 0 Å². The number of hydrogen-bond acceptors (Lipinski definition) is 6. The van der Waals surface area contributed by atoms with Gasteiger partial charge < -0.3 is 26.5 Å². The highest BCUT2D eigenvalue weighted by atomic mass is 19.4. The van der Waals surface area contributed by atoms with Crippen LogP contribution in [0.1, 0.15) is 28.5 Å². The maximum atomic E-state index is 12.4. The van der Waals surface area contributed by atoms with Gasteiger partial charge in [-0.3, -0.25) is 4.79 Å². The zero-order valence-electron chi connectivity index (χ0n) is 18.3. The number of halogens is 3. The van der Waals surface area contributed by atoms with E-state index in [-0.39, 0.29) is 17.1 Å². The SMILES string of the molecule is CCc1cccc(NC(=O)Nc2cccc(CNc3cn(OC(=O)C(F)(F)F)nc3C(N)=O)c2)c1. The van der Waals surface area contributed by atoms with E-state index in [0.29, 0.717) is 16.9 Å². The van der Waals surface area contributed by atoms with Crippen molar-refractivity contribution in [3.8, 4) is 0 Å². The zero-order chi connectivity index (χ0) is 25.6. The summed E-state index contributed by atoms with van der Waals surface area (Å²) in [5, 5.41) is 11.7. The van der Waals surface area contributed by atoms with Gasteiger partial charge in [-0.15, -0.1) is 5.10 Å². The largest absolute Gasteiger partial charge is 0.493 e. The molecule has 0 radical (unpaired) electrons. The normalized spacial score (nSPS) is 11.0. The molecule has 3 amide bonds. The fraction of sp³-hybridized carbons (Fsp3) is 0.182. The predicted molar refractivity (Wildman–Crippen MR) is 121 cm³/mol. The van der Waals surface area contributed by atoms with Crippen LogP contribution < -0.4 is 26.5 Å². The second-order valence-electron chi connectivity index (χ2n) is 7.22. The number of primary amides is 1. The Labute approximate surface area is 197 Å². The maximum Gasteiger partial charge on any atom is 0.493 e. The number of urea groups is 1. The number of carbonyl (C=O) groups excluding carboxylic acids is 3. The summed E-state index contributed by atoms with van der Waals surface area (Å²) in [4.78, 5) is 39.2. The van der Waals surface area contributed by atoms with Gasteiger partial charge in [0.05, 0.1) is 11.9 Å². The van der Waals surface area contributed by atoms with Crippen molar-refractivity contribution in [1.82, 2.24) is 9.94 Å². The van der Waals surface area contributed by atoms with Crippen LogP contribution in [-0.4, -0.2) is 34.0 Å². The lowest BCUT2D eigenvalue weighted by Crippen LogP contribution is -2.33. The Morgan fingerprint density at radius 3 is 2.20 bits per heavy atom. The van der Waals surface area contributed by atoms with Gasteiger partial charge in [-0.1, -0.05) is 36.0 Å². The van der Waals surface area contributed by atoms with E-state index in [1.807, 2.05) is 25.1 Å². The quantitative estimate of drug-likeness (QED) is 0.382. The molecule has 13 heteroatoms. The lowest BCUT2D eigenvalue weighted by Gasteiger charge is -2.10. The molecule has 184 valence electrons. The van der Waals surface area contributed by atoms with Gasteiger partial charge in [0, 0.05) is 17.9 Å².